The van der Waals surface area contributed by atoms with Gasteiger partial charge >= 0.3 is 0 Å². The van der Waals surface area contributed by atoms with Crippen molar-refractivity contribution >= 4 is 11.6 Å². The Balaban J connectivity index is 0.000000164. The highest BCUT2D eigenvalue weighted by Gasteiger charge is 2.17. The van der Waals surface area contributed by atoms with Crippen molar-refractivity contribution in [1.82, 2.24) is 9.97 Å². The molecule has 5 heteroatoms. The average Bonchev–Trinajstić information content (AvgIpc) is 2.97. The lowest BCUT2D eigenvalue weighted by atomic mass is 9.89. The van der Waals surface area contributed by atoms with Crippen LogP contribution in [0.5, 0.6) is 0 Å². The number of allylic oxidation sites excluding steroid dienone is 6. The molecule has 2 aliphatic carbocycles. The van der Waals surface area contributed by atoms with Crippen LogP contribution < -0.4 is 11.5 Å². The Bertz CT molecular complexity index is 811. The molecule has 0 bridgehead atoms. The number of nitrogens with one attached hydrogen (secondary N) is 1. The second-order valence-electron chi connectivity index (χ2n) is 7.25. The van der Waals surface area contributed by atoms with E-state index in [1.54, 1.807) is 0 Å². The van der Waals surface area contributed by atoms with E-state index in [9.17, 15) is 4.79 Å². The summed E-state index contributed by atoms with van der Waals surface area (Å²) in [6.45, 7) is 1.98. The summed E-state index contributed by atoms with van der Waals surface area (Å²) in [5, 5.41) is 0. The van der Waals surface area contributed by atoms with Crippen molar-refractivity contribution in [2.24, 2.45) is 11.7 Å². The van der Waals surface area contributed by atoms with Gasteiger partial charge in [-0.15, -0.1) is 0 Å². The van der Waals surface area contributed by atoms with Crippen LogP contribution in [-0.4, -0.2) is 15.9 Å². The summed E-state index contributed by atoms with van der Waals surface area (Å²) in [4.78, 5) is 18.0. The number of primary amides is 1. The molecular formula is C24H32N4O. The molecule has 0 aliphatic heterocycles. The van der Waals surface area contributed by atoms with E-state index in [1.807, 2.05) is 49.5 Å². The van der Waals surface area contributed by atoms with E-state index in [0.29, 0.717) is 0 Å². The highest BCUT2D eigenvalue weighted by Crippen LogP contribution is 2.22. The molecule has 1 heterocycles. The molecule has 1 saturated carbocycles. The lowest BCUT2D eigenvalue weighted by Crippen LogP contribution is -2.24. The number of nitrogens with two attached hydrogens (primary N) is 2. The minimum Gasteiger partial charge on any atom is -0.399 e. The van der Waals surface area contributed by atoms with Gasteiger partial charge in [0.05, 0.1) is 0 Å². The van der Waals surface area contributed by atoms with E-state index in [-0.39, 0.29) is 11.8 Å². The van der Waals surface area contributed by atoms with Crippen molar-refractivity contribution in [1.29, 1.82) is 0 Å². The molecule has 0 saturated heterocycles. The number of benzene rings is 1. The van der Waals surface area contributed by atoms with Gasteiger partial charge in [-0.25, -0.2) is 4.98 Å². The second kappa shape index (κ2) is 12.4. The SMILES string of the molecule is C1=CC=CCC=C1.Cc1cnc(-c2ccc(N)cc2)[nH]1.NC(=O)C1CCCCC1. The van der Waals surface area contributed by atoms with Gasteiger partial charge in [-0.2, -0.15) is 0 Å². The fraction of sp³-hybridized carbons (Fsp3) is 0.333. The fourth-order valence-electron chi connectivity index (χ4n) is 3.11. The monoisotopic (exact) mass is 392 g/mol. The molecule has 5 nitrogen and oxygen atoms in total. The third-order valence-corrected chi connectivity index (χ3v) is 4.77. The topological polar surface area (TPSA) is 97.8 Å². The highest BCUT2D eigenvalue weighted by molar-refractivity contribution is 5.76. The highest BCUT2D eigenvalue weighted by atomic mass is 16.1. The fourth-order valence-corrected chi connectivity index (χ4v) is 3.11. The smallest absolute Gasteiger partial charge is 0.220 e. The van der Waals surface area contributed by atoms with Gasteiger partial charge in [0.15, 0.2) is 0 Å². The number of carbonyl (C=O) groups excluding carboxylic acids is 1. The molecular weight excluding hydrogens is 360 g/mol. The van der Waals surface area contributed by atoms with Crippen LogP contribution in [0.25, 0.3) is 11.4 Å². The molecule has 1 fully saturated rings. The number of aryl methyl sites for hydroxylation is 1. The molecule has 0 radical (unpaired) electrons. The van der Waals surface area contributed by atoms with E-state index in [4.69, 9.17) is 11.5 Å². The minimum absolute atomic E-state index is 0.102. The number of carbonyl (C=O) groups is 1. The van der Waals surface area contributed by atoms with Gasteiger partial charge in [-0.3, -0.25) is 4.79 Å². The minimum atomic E-state index is -0.102. The molecule has 1 aromatic heterocycles. The number of nitrogen functional groups attached to an aromatic ring is 1. The maximum absolute atomic E-state index is 10.6. The molecule has 0 atom stereocenters. The molecule has 0 spiro atoms. The normalized spacial score (nSPS) is 15.5. The molecule has 2 aliphatic rings. The van der Waals surface area contributed by atoms with Crippen LogP contribution in [0.15, 0.2) is 66.9 Å². The van der Waals surface area contributed by atoms with Gasteiger partial charge in [-0.1, -0.05) is 55.7 Å². The third-order valence-electron chi connectivity index (χ3n) is 4.77. The summed E-state index contributed by atoms with van der Waals surface area (Å²) in [6.07, 6.45) is 21.0. The predicted molar refractivity (Wildman–Crippen MR) is 121 cm³/mol. The Labute approximate surface area is 173 Å². The van der Waals surface area contributed by atoms with Crippen molar-refractivity contribution in [3.63, 3.8) is 0 Å². The Morgan fingerprint density at radius 2 is 1.62 bits per heavy atom. The first-order valence-electron chi connectivity index (χ1n) is 10.2. The Morgan fingerprint density at radius 3 is 2.10 bits per heavy atom. The lowest BCUT2D eigenvalue weighted by molar-refractivity contribution is -0.122. The number of hydrogen-bond donors (Lipinski definition) is 3. The number of anilines is 1. The van der Waals surface area contributed by atoms with Gasteiger partial charge in [0.25, 0.3) is 0 Å². The number of aromatic amines is 1. The van der Waals surface area contributed by atoms with E-state index in [1.165, 1.54) is 19.3 Å². The van der Waals surface area contributed by atoms with E-state index in [2.05, 4.69) is 34.3 Å². The van der Waals surface area contributed by atoms with Gasteiger partial charge in [0.2, 0.25) is 5.91 Å². The quantitative estimate of drug-likeness (QED) is 0.622. The number of rotatable bonds is 2. The average molecular weight is 393 g/mol. The van der Waals surface area contributed by atoms with Gasteiger partial charge in [0.1, 0.15) is 5.82 Å². The molecule has 1 amide bonds. The molecule has 29 heavy (non-hydrogen) atoms. The van der Waals surface area contributed by atoms with Crippen molar-refractivity contribution in [3.8, 4) is 11.4 Å². The largest absolute Gasteiger partial charge is 0.399 e. The molecule has 0 unspecified atom stereocenters. The van der Waals surface area contributed by atoms with E-state index in [0.717, 1.165) is 42.0 Å². The van der Waals surface area contributed by atoms with Crippen molar-refractivity contribution in [2.75, 3.05) is 5.73 Å². The molecule has 2 aromatic rings. The number of nitrogens with zero attached hydrogens (tertiary/aromatic N) is 1. The lowest BCUT2D eigenvalue weighted by Gasteiger charge is -2.17. The standard InChI is InChI=1S/C10H11N3.C7H13NO.C7H8/c1-7-6-12-10(13-7)8-2-4-9(11)5-3-8;8-7(9)6-4-2-1-3-5-6;1-2-4-6-7-5-3-1/h2-6H,11H2,1H3,(H,12,13);6H,1-5H2,(H2,8,9);1-6H,7H2. The zero-order chi connectivity index (χ0) is 20.9. The summed E-state index contributed by atoms with van der Waals surface area (Å²) in [5.41, 5.74) is 13.6. The zero-order valence-corrected chi connectivity index (χ0v) is 17.2. The Kier molecular flexibility index (Phi) is 9.49. The zero-order valence-electron chi connectivity index (χ0n) is 17.2. The van der Waals surface area contributed by atoms with Crippen LogP contribution in [0.3, 0.4) is 0 Å². The first-order valence-corrected chi connectivity index (χ1v) is 10.2. The first-order chi connectivity index (χ1) is 14.1. The third kappa shape index (κ3) is 8.64. The van der Waals surface area contributed by atoms with Gasteiger partial charge in [0, 0.05) is 29.1 Å². The number of amides is 1. The van der Waals surface area contributed by atoms with E-state index >= 15 is 0 Å². The predicted octanol–water partition coefficient (Wildman–Crippen LogP) is 5.08. The number of aromatic nitrogens is 2. The number of imidazole rings is 1. The maximum atomic E-state index is 10.6. The first kappa shape index (κ1) is 22.2. The number of hydrogen-bond acceptors (Lipinski definition) is 3. The summed E-state index contributed by atoms with van der Waals surface area (Å²) >= 11 is 0. The van der Waals surface area contributed by atoms with Gasteiger partial charge in [-0.05, 0) is 50.5 Å². The van der Waals surface area contributed by atoms with Crippen molar-refractivity contribution in [3.05, 3.63) is 72.6 Å². The molecule has 4 rings (SSSR count). The second-order valence-corrected chi connectivity index (χ2v) is 7.25. The summed E-state index contributed by atoms with van der Waals surface area (Å²) in [5.74, 6) is 0.978. The van der Waals surface area contributed by atoms with Crippen molar-refractivity contribution in [2.45, 2.75) is 45.4 Å². The van der Waals surface area contributed by atoms with Gasteiger partial charge < -0.3 is 16.5 Å². The van der Waals surface area contributed by atoms with Crippen molar-refractivity contribution < 1.29 is 4.79 Å². The number of H-pyrrole nitrogens is 1. The van der Waals surface area contributed by atoms with Crippen LogP contribution >= 0.6 is 0 Å². The van der Waals surface area contributed by atoms with Crippen LogP contribution in [-0.2, 0) is 4.79 Å². The van der Waals surface area contributed by atoms with Crippen LogP contribution in [0, 0.1) is 12.8 Å². The van der Waals surface area contributed by atoms with E-state index < -0.39 is 0 Å². The molecule has 154 valence electrons. The van der Waals surface area contributed by atoms with Crippen LogP contribution in [0.2, 0.25) is 0 Å². The Morgan fingerprint density at radius 1 is 1.00 bits per heavy atom. The van der Waals surface area contributed by atoms with Crippen LogP contribution in [0.1, 0.15) is 44.2 Å². The molecule has 1 aromatic carbocycles. The summed E-state index contributed by atoms with van der Waals surface area (Å²) in [7, 11) is 0. The van der Waals surface area contributed by atoms with Crippen LogP contribution in [0.4, 0.5) is 5.69 Å². The summed E-state index contributed by atoms with van der Waals surface area (Å²) in [6, 6.07) is 7.64. The maximum Gasteiger partial charge on any atom is 0.220 e. The summed E-state index contributed by atoms with van der Waals surface area (Å²) < 4.78 is 0. The molecule has 5 N–H and O–H groups in total. The Hall–Kier alpha value is -3.08.